The van der Waals surface area contributed by atoms with E-state index in [0.29, 0.717) is 6.42 Å². The van der Waals surface area contributed by atoms with Crippen molar-refractivity contribution in [3.05, 3.63) is 47.3 Å². The first-order valence-corrected chi connectivity index (χ1v) is 7.56. The summed E-state index contributed by atoms with van der Waals surface area (Å²) in [5.41, 5.74) is 3.40. The number of amides is 1. The molecule has 0 saturated carbocycles. The number of aryl methyl sites for hydroxylation is 1. The third-order valence-electron chi connectivity index (χ3n) is 3.82. The molecule has 2 N–H and O–H groups in total. The first kappa shape index (κ1) is 16.7. The van der Waals surface area contributed by atoms with E-state index in [2.05, 4.69) is 10.4 Å². The first-order chi connectivity index (χ1) is 10.9. The number of carboxylic acid groups (broad SMARTS) is 1. The van der Waals surface area contributed by atoms with Gasteiger partial charge in [0.05, 0.1) is 17.8 Å². The van der Waals surface area contributed by atoms with Gasteiger partial charge in [-0.3, -0.25) is 4.79 Å². The number of carboxylic acids is 1. The molecular formula is C17H21N3O3. The second-order valence-electron chi connectivity index (χ2n) is 5.44. The SMILES string of the molecule is CCC(NC(=O)Cc1c(C)nn(-c2ccccc2)c1C)C(=O)O. The fourth-order valence-electron chi connectivity index (χ4n) is 2.50. The highest BCUT2D eigenvalue weighted by molar-refractivity contribution is 5.85. The Morgan fingerprint density at radius 2 is 1.91 bits per heavy atom. The Bertz CT molecular complexity index is 707. The number of aliphatic carboxylic acids is 1. The van der Waals surface area contributed by atoms with Gasteiger partial charge in [-0.05, 0) is 32.4 Å². The van der Waals surface area contributed by atoms with Crippen LogP contribution in [0, 0.1) is 13.8 Å². The molecule has 0 saturated heterocycles. The maximum Gasteiger partial charge on any atom is 0.326 e. The van der Waals surface area contributed by atoms with Crippen LogP contribution in [0.25, 0.3) is 5.69 Å². The van der Waals surface area contributed by atoms with E-state index in [0.717, 1.165) is 22.6 Å². The largest absolute Gasteiger partial charge is 0.480 e. The molecule has 0 fully saturated rings. The van der Waals surface area contributed by atoms with Crippen LogP contribution in [0.5, 0.6) is 0 Å². The number of nitrogens with one attached hydrogen (secondary N) is 1. The lowest BCUT2D eigenvalue weighted by Gasteiger charge is -2.12. The molecule has 6 nitrogen and oxygen atoms in total. The van der Waals surface area contributed by atoms with Crippen LogP contribution in [0.1, 0.15) is 30.3 Å². The summed E-state index contributed by atoms with van der Waals surface area (Å²) in [6.07, 6.45) is 0.469. The van der Waals surface area contributed by atoms with Gasteiger partial charge in [-0.1, -0.05) is 25.1 Å². The normalized spacial score (nSPS) is 12.0. The van der Waals surface area contributed by atoms with Gasteiger partial charge in [-0.25, -0.2) is 9.48 Å². The highest BCUT2D eigenvalue weighted by Crippen LogP contribution is 2.18. The highest BCUT2D eigenvalue weighted by atomic mass is 16.4. The van der Waals surface area contributed by atoms with Crippen LogP contribution in [-0.4, -0.2) is 32.8 Å². The zero-order valence-corrected chi connectivity index (χ0v) is 13.5. The van der Waals surface area contributed by atoms with Crippen LogP contribution < -0.4 is 5.32 Å². The Labute approximate surface area is 135 Å². The minimum absolute atomic E-state index is 0.119. The summed E-state index contributed by atoms with van der Waals surface area (Å²) < 4.78 is 1.80. The van der Waals surface area contributed by atoms with Crippen LogP contribution >= 0.6 is 0 Å². The Balaban J connectivity index is 2.20. The molecule has 0 aliphatic rings. The van der Waals surface area contributed by atoms with Crippen LogP contribution in [0.3, 0.4) is 0 Å². The van der Waals surface area contributed by atoms with Crippen molar-refractivity contribution in [2.75, 3.05) is 0 Å². The highest BCUT2D eigenvalue weighted by Gasteiger charge is 2.20. The fourth-order valence-corrected chi connectivity index (χ4v) is 2.50. The van der Waals surface area contributed by atoms with Gasteiger partial charge in [-0.2, -0.15) is 5.10 Å². The fraction of sp³-hybridized carbons (Fsp3) is 0.353. The summed E-state index contributed by atoms with van der Waals surface area (Å²) in [5, 5.41) is 16.0. The van der Waals surface area contributed by atoms with Gasteiger partial charge in [-0.15, -0.1) is 0 Å². The first-order valence-electron chi connectivity index (χ1n) is 7.56. The molecule has 1 unspecified atom stereocenters. The van der Waals surface area contributed by atoms with Crippen molar-refractivity contribution in [3.8, 4) is 5.69 Å². The molecule has 0 aliphatic carbocycles. The van der Waals surface area contributed by atoms with E-state index in [4.69, 9.17) is 5.11 Å². The van der Waals surface area contributed by atoms with Crippen LogP contribution in [0.4, 0.5) is 0 Å². The zero-order chi connectivity index (χ0) is 17.0. The van der Waals surface area contributed by atoms with Crippen molar-refractivity contribution >= 4 is 11.9 Å². The van der Waals surface area contributed by atoms with E-state index < -0.39 is 12.0 Å². The zero-order valence-electron chi connectivity index (χ0n) is 13.5. The number of carbonyl (C=O) groups is 2. The molecule has 0 radical (unpaired) electrons. The van der Waals surface area contributed by atoms with E-state index >= 15 is 0 Å². The van der Waals surface area contributed by atoms with Gasteiger partial charge in [0.2, 0.25) is 5.91 Å². The average Bonchev–Trinajstić information content (AvgIpc) is 2.81. The van der Waals surface area contributed by atoms with E-state index in [1.807, 2.05) is 44.2 Å². The third kappa shape index (κ3) is 3.77. The molecule has 6 heteroatoms. The third-order valence-corrected chi connectivity index (χ3v) is 3.82. The number of benzene rings is 1. The van der Waals surface area contributed by atoms with E-state index in [-0.39, 0.29) is 12.3 Å². The van der Waals surface area contributed by atoms with E-state index in [9.17, 15) is 9.59 Å². The number of rotatable bonds is 6. The molecule has 2 rings (SSSR count). The van der Waals surface area contributed by atoms with Gasteiger partial charge >= 0.3 is 5.97 Å². The van der Waals surface area contributed by atoms with Crippen LogP contribution in [-0.2, 0) is 16.0 Å². The summed E-state index contributed by atoms with van der Waals surface area (Å²) in [7, 11) is 0. The minimum Gasteiger partial charge on any atom is -0.480 e. The summed E-state index contributed by atoms with van der Waals surface area (Å²) in [6.45, 7) is 5.48. The van der Waals surface area contributed by atoms with Gasteiger partial charge in [0.25, 0.3) is 0 Å². The van der Waals surface area contributed by atoms with Crippen molar-refractivity contribution < 1.29 is 14.7 Å². The molecule has 1 amide bonds. The summed E-state index contributed by atoms with van der Waals surface area (Å²) in [4.78, 5) is 23.1. The minimum atomic E-state index is -1.02. The number of para-hydroxylation sites is 1. The van der Waals surface area contributed by atoms with Crippen molar-refractivity contribution in [1.29, 1.82) is 0 Å². The molecule has 1 aromatic carbocycles. The number of hydrogen-bond donors (Lipinski definition) is 2. The number of nitrogens with zero attached hydrogens (tertiary/aromatic N) is 2. The van der Waals surface area contributed by atoms with Crippen molar-refractivity contribution in [1.82, 2.24) is 15.1 Å². The number of aromatic nitrogens is 2. The predicted octanol–water partition coefficient (Wildman–Crippen LogP) is 2.01. The van der Waals surface area contributed by atoms with Crippen molar-refractivity contribution in [2.24, 2.45) is 0 Å². The topological polar surface area (TPSA) is 84.2 Å². The lowest BCUT2D eigenvalue weighted by Crippen LogP contribution is -2.41. The molecule has 1 heterocycles. The molecule has 122 valence electrons. The Morgan fingerprint density at radius 1 is 1.26 bits per heavy atom. The number of hydrogen-bond acceptors (Lipinski definition) is 3. The standard InChI is InChI=1S/C17H21N3O3/c1-4-15(17(22)23)18-16(21)10-14-11(2)19-20(12(14)3)13-8-6-5-7-9-13/h5-9,15H,4,10H2,1-3H3,(H,18,21)(H,22,23). The van der Waals surface area contributed by atoms with Crippen molar-refractivity contribution in [3.63, 3.8) is 0 Å². The molecule has 0 spiro atoms. The molecule has 1 aromatic heterocycles. The monoisotopic (exact) mass is 315 g/mol. The maximum atomic E-state index is 12.1. The van der Waals surface area contributed by atoms with E-state index in [1.165, 1.54) is 0 Å². The Morgan fingerprint density at radius 3 is 2.48 bits per heavy atom. The molecule has 1 atom stereocenters. The Hall–Kier alpha value is -2.63. The Kier molecular flexibility index (Phi) is 5.16. The van der Waals surface area contributed by atoms with Gasteiger partial charge < -0.3 is 10.4 Å². The summed E-state index contributed by atoms with van der Waals surface area (Å²) >= 11 is 0. The lowest BCUT2D eigenvalue weighted by atomic mass is 10.1. The van der Waals surface area contributed by atoms with Gasteiger partial charge in [0, 0.05) is 11.3 Å². The van der Waals surface area contributed by atoms with Crippen molar-refractivity contribution in [2.45, 2.75) is 39.7 Å². The average molecular weight is 315 g/mol. The lowest BCUT2D eigenvalue weighted by molar-refractivity contribution is -0.141. The molecule has 0 bridgehead atoms. The second kappa shape index (κ2) is 7.09. The predicted molar refractivity (Wildman–Crippen MR) is 86.6 cm³/mol. The molecule has 0 aliphatic heterocycles. The molecular weight excluding hydrogens is 294 g/mol. The molecule has 23 heavy (non-hydrogen) atoms. The van der Waals surface area contributed by atoms with Crippen LogP contribution in [0.2, 0.25) is 0 Å². The summed E-state index contributed by atoms with van der Waals surface area (Å²) in [6, 6.07) is 8.82. The maximum absolute atomic E-state index is 12.1. The van der Waals surface area contributed by atoms with Gasteiger partial charge in [0.1, 0.15) is 6.04 Å². The smallest absolute Gasteiger partial charge is 0.326 e. The molecule has 2 aromatic rings. The van der Waals surface area contributed by atoms with Gasteiger partial charge in [0.15, 0.2) is 0 Å². The second-order valence-corrected chi connectivity index (χ2v) is 5.44. The number of carbonyl (C=O) groups excluding carboxylic acids is 1. The summed E-state index contributed by atoms with van der Waals surface area (Å²) in [5.74, 6) is -1.33. The van der Waals surface area contributed by atoms with E-state index in [1.54, 1.807) is 11.6 Å². The quantitative estimate of drug-likeness (QED) is 0.854. The van der Waals surface area contributed by atoms with Crippen LogP contribution in [0.15, 0.2) is 30.3 Å².